The Labute approximate surface area is 139 Å². The summed E-state index contributed by atoms with van der Waals surface area (Å²) in [5.41, 5.74) is 0.695. The third-order valence-corrected chi connectivity index (χ3v) is 3.33. The third-order valence-electron chi connectivity index (χ3n) is 3.33. The quantitative estimate of drug-likeness (QED) is 0.829. The van der Waals surface area contributed by atoms with E-state index in [-0.39, 0.29) is 17.7 Å². The van der Waals surface area contributed by atoms with E-state index in [2.05, 4.69) is 20.8 Å². The highest BCUT2D eigenvalue weighted by molar-refractivity contribution is 5.86. The van der Waals surface area contributed by atoms with Gasteiger partial charge in [-0.15, -0.1) is 0 Å². The van der Waals surface area contributed by atoms with Crippen LogP contribution < -0.4 is 15.4 Å². The van der Waals surface area contributed by atoms with Crippen LogP contribution in [0.25, 0.3) is 11.4 Å². The number of methoxy groups -OCH3 is 1. The number of rotatable bonds is 6. The van der Waals surface area contributed by atoms with Gasteiger partial charge < -0.3 is 19.9 Å². The second kappa shape index (κ2) is 7.58. The first-order valence-corrected chi connectivity index (χ1v) is 7.46. The monoisotopic (exact) mass is 332 g/mol. The Morgan fingerprint density at radius 2 is 1.92 bits per heavy atom. The summed E-state index contributed by atoms with van der Waals surface area (Å²) < 4.78 is 10.5. The van der Waals surface area contributed by atoms with Crippen LogP contribution in [-0.2, 0) is 9.59 Å². The van der Waals surface area contributed by atoms with Crippen molar-refractivity contribution in [2.24, 2.45) is 0 Å². The van der Waals surface area contributed by atoms with E-state index in [1.54, 1.807) is 27.0 Å². The highest BCUT2D eigenvalue weighted by Gasteiger charge is 2.21. The Kier molecular flexibility index (Phi) is 5.51. The van der Waals surface area contributed by atoms with Gasteiger partial charge in [-0.1, -0.05) is 17.3 Å². The van der Waals surface area contributed by atoms with Crippen molar-refractivity contribution < 1.29 is 18.8 Å². The Balaban J connectivity index is 2.10. The number of aromatic nitrogens is 2. The molecule has 8 nitrogen and oxygen atoms in total. The normalized spacial score (nSPS) is 13.0. The average molecular weight is 332 g/mol. The fraction of sp³-hybridized carbons (Fsp3) is 0.375. The minimum Gasteiger partial charge on any atom is -0.496 e. The summed E-state index contributed by atoms with van der Waals surface area (Å²) in [6.45, 7) is 4.67. The number of amides is 2. The van der Waals surface area contributed by atoms with Crippen molar-refractivity contribution in [2.45, 2.75) is 32.9 Å². The first-order valence-electron chi connectivity index (χ1n) is 7.46. The van der Waals surface area contributed by atoms with Crippen molar-refractivity contribution in [3.05, 3.63) is 30.2 Å². The largest absolute Gasteiger partial charge is 0.496 e. The summed E-state index contributed by atoms with van der Waals surface area (Å²) in [6, 6.07) is 6.15. The second-order valence-corrected chi connectivity index (χ2v) is 5.31. The van der Waals surface area contributed by atoms with Crippen LogP contribution in [0.1, 0.15) is 32.7 Å². The summed E-state index contributed by atoms with van der Waals surface area (Å²) in [6.07, 6.45) is 0. The van der Waals surface area contributed by atoms with Gasteiger partial charge in [0.1, 0.15) is 17.8 Å². The number of hydrogen-bond donors (Lipinski definition) is 2. The van der Waals surface area contributed by atoms with Gasteiger partial charge in [0.2, 0.25) is 23.5 Å². The molecule has 8 heteroatoms. The third kappa shape index (κ3) is 4.09. The van der Waals surface area contributed by atoms with Gasteiger partial charge >= 0.3 is 0 Å². The summed E-state index contributed by atoms with van der Waals surface area (Å²) in [5.74, 6) is 0.648. The van der Waals surface area contributed by atoms with Crippen LogP contribution in [0.4, 0.5) is 0 Å². The smallest absolute Gasteiger partial charge is 0.249 e. The molecular formula is C16H20N4O4. The molecule has 2 amide bonds. The number of para-hydroxylation sites is 1. The number of benzene rings is 1. The van der Waals surface area contributed by atoms with E-state index in [0.717, 1.165) is 0 Å². The molecule has 128 valence electrons. The van der Waals surface area contributed by atoms with E-state index in [0.29, 0.717) is 17.1 Å². The van der Waals surface area contributed by atoms with Gasteiger partial charge in [0, 0.05) is 6.92 Å². The molecule has 0 unspecified atom stereocenters. The summed E-state index contributed by atoms with van der Waals surface area (Å²) in [5, 5.41) is 9.15. The van der Waals surface area contributed by atoms with Gasteiger partial charge in [-0.25, -0.2) is 0 Å². The molecule has 0 aliphatic rings. The van der Waals surface area contributed by atoms with Crippen molar-refractivity contribution in [1.29, 1.82) is 0 Å². The van der Waals surface area contributed by atoms with Crippen LogP contribution >= 0.6 is 0 Å². The fourth-order valence-corrected chi connectivity index (χ4v) is 2.12. The van der Waals surface area contributed by atoms with Crippen molar-refractivity contribution >= 4 is 11.8 Å². The number of ether oxygens (including phenoxy) is 1. The lowest BCUT2D eigenvalue weighted by Gasteiger charge is -2.15. The molecule has 0 aliphatic carbocycles. The van der Waals surface area contributed by atoms with Crippen molar-refractivity contribution in [3.8, 4) is 17.1 Å². The molecule has 0 fully saturated rings. The van der Waals surface area contributed by atoms with E-state index in [9.17, 15) is 9.59 Å². The Morgan fingerprint density at radius 3 is 2.58 bits per heavy atom. The molecule has 0 bridgehead atoms. The Bertz CT molecular complexity index is 728. The van der Waals surface area contributed by atoms with Gasteiger partial charge in [-0.2, -0.15) is 4.98 Å². The lowest BCUT2D eigenvalue weighted by atomic mass is 10.2. The first-order chi connectivity index (χ1) is 11.4. The summed E-state index contributed by atoms with van der Waals surface area (Å²) >= 11 is 0. The van der Waals surface area contributed by atoms with Crippen LogP contribution in [0.15, 0.2) is 28.8 Å². The molecule has 2 aromatic rings. The van der Waals surface area contributed by atoms with Crippen molar-refractivity contribution in [2.75, 3.05) is 7.11 Å². The van der Waals surface area contributed by atoms with Crippen molar-refractivity contribution in [3.63, 3.8) is 0 Å². The number of nitrogens with one attached hydrogen (secondary N) is 2. The summed E-state index contributed by atoms with van der Waals surface area (Å²) in [7, 11) is 1.56. The standard InChI is InChI=1S/C16H20N4O4/c1-9(17-11(3)21)15(22)18-10(2)16-19-14(20-24-16)12-7-5-6-8-13(12)23-4/h5-10H,1-4H3,(H,17,21)(H,18,22)/t9-,10+/m1/s1. The average Bonchev–Trinajstić information content (AvgIpc) is 3.04. The predicted octanol–water partition coefficient (Wildman–Crippen LogP) is 1.45. The number of nitrogens with zero attached hydrogens (tertiary/aromatic N) is 2. The SMILES string of the molecule is COc1ccccc1-c1noc([C@H](C)NC(=O)[C@@H](C)NC(C)=O)n1. The molecule has 0 radical (unpaired) electrons. The Morgan fingerprint density at radius 1 is 1.21 bits per heavy atom. The summed E-state index contributed by atoms with van der Waals surface area (Å²) in [4.78, 5) is 27.3. The fourth-order valence-electron chi connectivity index (χ4n) is 2.12. The van der Waals surface area contributed by atoms with E-state index < -0.39 is 12.1 Å². The maximum Gasteiger partial charge on any atom is 0.249 e. The van der Waals surface area contributed by atoms with Crippen LogP contribution in [-0.4, -0.2) is 35.1 Å². The molecule has 1 aromatic carbocycles. The van der Waals surface area contributed by atoms with Crippen LogP contribution in [0.3, 0.4) is 0 Å². The first kappa shape index (κ1) is 17.5. The zero-order valence-electron chi connectivity index (χ0n) is 14.0. The van der Waals surface area contributed by atoms with Gasteiger partial charge in [0.05, 0.1) is 12.7 Å². The van der Waals surface area contributed by atoms with Crippen LogP contribution in [0.5, 0.6) is 5.75 Å². The molecule has 2 rings (SSSR count). The molecule has 0 saturated carbocycles. The Hall–Kier alpha value is -2.90. The molecule has 1 heterocycles. The lowest BCUT2D eigenvalue weighted by molar-refractivity contribution is -0.128. The second-order valence-electron chi connectivity index (χ2n) is 5.31. The molecule has 2 atom stereocenters. The van der Waals surface area contributed by atoms with Gasteiger partial charge in [-0.05, 0) is 26.0 Å². The zero-order chi connectivity index (χ0) is 17.7. The van der Waals surface area contributed by atoms with E-state index in [4.69, 9.17) is 9.26 Å². The van der Waals surface area contributed by atoms with Gasteiger partial charge in [0.15, 0.2) is 0 Å². The number of carbonyl (C=O) groups excluding carboxylic acids is 2. The molecule has 0 spiro atoms. The van der Waals surface area contributed by atoms with Gasteiger partial charge in [0.25, 0.3) is 0 Å². The molecule has 2 N–H and O–H groups in total. The van der Waals surface area contributed by atoms with Crippen LogP contribution in [0, 0.1) is 0 Å². The van der Waals surface area contributed by atoms with E-state index >= 15 is 0 Å². The molecule has 0 saturated heterocycles. The minimum absolute atomic E-state index is 0.263. The van der Waals surface area contributed by atoms with E-state index in [1.807, 2.05) is 18.2 Å². The maximum atomic E-state index is 12.0. The highest BCUT2D eigenvalue weighted by atomic mass is 16.5. The molecule has 0 aliphatic heterocycles. The zero-order valence-corrected chi connectivity index (χ0v) is 14.0. The topological polar surface area (TPSA) is 106 Å². The van der Waals surface area contributed by atoms with Crippen LogP contribution in [0.2, 0.25) is 0 Å². The molecule has 24 heavy (non-hydrogen) atoms. The van der Waals surface area contributed by atoms with Gasteiger partial charge in [-0.3, -0.25) is 9.59 Å². The van der Waals surface area contributed by atoms with Crippen molar-refractivity contribution in [1.82, 2.24) is 20.8 Å². The van der Waals surface area contributed by atoms with E-state index in [1.165, 1.54) is 6.92 Å². The molecule has 1 aromatic heterocycles. The molecular weight excluding hydrogens is 312 g/mol. The predicted molar refractivity (Wildman–Crippen MR) is 86.1 cm³/mol. The number of carbonyl (C=O) groups is 2. The lowest BCUT2D eigenvalue weighted by Crippen LogP contribution is -2.44. The number of hydrogen-bond acceptors (Lipinski definition) is 6. The highest BCUT2D eigenvalue weighted by Crippen LogP contribution is 2.27. The maximum absolute atomic E-state index is 12.0. The minimum atomic E-state index is -0.651.